The second kappa shape index (κ2) is 7.79. The predicted octanol–water partition coefficient (Wildman–Crippen LogP) is 2.45. The third-order valence-electron chi connectivity index (χ3n) is 4.70. The van der Waals surface area contributed by atoms with Gasteiger partial charge in [0, 0.05) is 5.69 Å². The highest BCUT2D eigenvalue weighted by Gasteiger charge is 2.24. The minimum atomic E-state index is -0.375. The number of carbonyl (C=O) groups excluding carboxylic acids is 1. The van der Waals surface area contributed by atoms with E-state index in [0.29, 0.717) is 0 Å². The molecule has 1 amide bonds. The first-order valence-electron chi connectivity index (χ1n) is 8.71. The smallest absolute Gasteiger partial charge is 0.241 e. The van der Waals surface area contributed by atoms with Gasteiger partial charge in [-0.15, -0.1) is 0 Å². The van der Waals surface area contributed by atoms with Crippen molar-refractivity contribution >= 4 is 11.6 Å². The Balaban J connectivity index is 1.53. The number of ether oxygens (including phenoxy) is 1. The monoisotopic (exact) mass is 318 g/mol. The number of rotatable bonds is 4. The molecule has 1 saturated carbocycles. The van der Waals surface area contributed by atoms with Crippen LogP contribution >= 0.6 is 0 Å². The van der Waals surface area contributed by atoms with Gasteiger partial charge in [0.2, 0.25) is 5.91 Å². The zero-order valence-electron chi connectivity index (χ0n) is 13.5. The van der Waals surface area contributed by atoms with E-state index in [4.69, 9.17) is 4.74 Å². The molecule has 0 spiro atoms. The molecular formula is C18H26N2O3. The Hall–Kier alpha value is -1.59. The molecule has 2 fully saturated rings. The Bertz CT molecular complexity index is 512. The quantitative estimate of drug-likeness (QED) is 0.797. The Labute approximate surface area is 137 Å². The highest BCUT2D eigenvalue weighted by molar-refractivity contribution is 5.94. The number of hydrogen-bond acceptors (Lipinski definition) is 4. The Kier molecular flexibility index (Phi) is 5.51. The molecule has 3 N–H and O–H groups in total. The molecule has 0 radical (unpaired) electrons. The Morgan fingerprint density at radius 3 is 2.52 bits per heavy atom. The van der Waals surface area contributed by atoms with Gasteiger partial charge in [0.15, 0.2) is 0 Å². The van der Waals surface area contributed by atoms with Crippen LogP contribution in [0.3, 0.4) is 0 Å². The van der Waals surface area contributed by atoms with Crippen LogP contribution in [0.4, 0.5) is 5.69 Å². The van der Waals surface area contributed by atoms with E-state index in [1.54, 1.807) is 0 Å². The molecule has 1 saturated heterocycles. The summed E-state index contributed by atoms with van der Waals surface area (Å²) in [5.41, 5.74) is 0.777. The molecule has 0 bridgehead atoms. The first kappa shape index (κ1) is 16.3. The zero-order chi connectivity index (χ0) is 16.1. The number of nitrogens with one attached hydrogen (secondary N) is 2. The van der Waals surface area contributed by atoms with Crippen molar-refractivity contribution in [2.45, 2.75) is 63.2 Å². The second-order valence-corrected chi connectivity index (χ2v) is 6.52. The van der Waals surface area contributed by atoms with Crippen molar-refractivity contribution in [3.8, 4) is 5.75 Å². The van der Waals surface area contributed by atoms with Crippen molar-refractivity contribution in [1.82, 2.24) is 5.32 Å². The molecule has 1 aliphatic carbocycles. The fourth-order valence-corrected chi connectivity index (χ4v) is 3.31. The maximum Gasteiger partial charge on any atom is 0.241 e. The molecule has 0 aromatic heterocycles. The van der Waals surface area contributed by atoms with Gasteiger partial charge in [-0.25, -0.2) is 0 Å². The summed E-state index contributed by atoms with van der Waals surface area (Å²) in [6.07, 6.45) is 6.53. The van der Waals surface area contributed by atoms with E-state index in [1.165, 1.54) is 0 Å². The fourth-order valence-electron chi connectivity index (χ4n) is 3.31. The van der Waals surface area contributed by atoms with Gasteiger partial charge in [-0.2, -0.15) is 0 Å². The third-order valence-corrected chi connectivity index (χ3v) is 4.70. The topological polar surface area (TPSA) is 70.6 Å². The summed E-state index contributed by atoms with van der Waals surface area (Å²) in [5.74, 6) is 0.769. The number of benzene rings is 1. The summed E-state index contributed by atoms with van der Waals surface area (Å²) in [6, 6.07) is 7.32. The van der Waals surface area contributed by atoms with Crippen LogP contribution in [0.2, 0.25) is 0 Å². The molecule has 1 aromatic carbocycles. The van der Waals surface area contributed by atoms with E-state index in [0.717, 1.165) is 62.9 Å². The van der Waals surface area contributed by atoms with E-state index in [9.17, 15) is 9.90 Å². The molecule has 2 unspecified atom stereocenters. The zero-order valence-corrected chi connectivity index (χ0v) is 13.5. The number of aliphatic hydroxyl groups is 1. The average molecular weight is 318 g/mol. The fraction of sp³-hybridized carbons (Fsp3) is 0.611. The Morgan fingerprint density at radius 2 is 1.83 bits per heavy atom. The van der Waals surface area contributed by atoms with Crippen LogP contribution in [0.25, 0.3) is 0 Å². The van der Waals surface area contributed by atoms with Crippen molar-refractivity contribution in [3.63, 3.8) is 0 Å². The summed E-state index contributed by atoms with van der Waals surface area (Å²) in [4.78, 5) is 12.2. The van der Waals surface area contributed by atoms with E-state index in [1.807, 2.05) is 24.3 Å². The summed E-state index contributed by atoms with van der Waals surface area (Å²) in [7, 11) is 0. The lowest BCUT2D eigenvalue weighted by Gasteiger charge is -2.28. The highest BCUT2D eigenvalue weighted by Crippen LogP contribution is 2.25. The summed E-state index contributed by atoms with van der Waals surface area (Å²) in [6.45, 7) is 0.911. The lowest BCUT2D eigenvalue weighted by Crippen LogP contribution is -2.43. The van der Waals surface area contributed by atoms with E-state index >= 15 is 0 Å². The van der Waals surface area contributed by atoms with Gasteiger partial charge in [-0.05, 0) is 62.9 Å². The number of aliphatic hydroxyl groups excluding tert-OH is 1. The van der Waals surface area contributed by atoms with Gasteiger partial charge in [-0.3, -0.25) is 4.79 Å². The molecular weight excluding hydrogens is 292 g/mol. The minimum absolute atomic E-state index is 0.0288. The molecule has 1 aliphatic heterocycles. The lowest BCUT2D eigenvalue weighted by atomic mass is 9.95. The largest absolute Gasteiger partial charge is 0.488 e. The summed E-state index contributed by atoms with van der Waals surface area (Å²) >= 11 is 0. The normalized spacial score (nSPS) is 28.1. The van der Waals surface area contributed by atoms with Gasteiger partial charge in [0.25, 0.3) is 0 Å². The predicted molar refractivity (Wildman–Crippen MR) is 89.6 cm³/mol. The number of hydrogen-bond donors (Lipinski definition) is 3. The van der Waals surface area contributed by atoms with Crippen LogP contribution in [-0.2, 0) is 4.79 Å². The van der Waals surface area contributed by atoms with Crippen LogP contribution in [-0.4, -0.2) is 35.8 Å². The molecule has 2 aliphatic rings. The number of carbonyl (C=O) groups is 1. The van der Waals surface area contributed by atoms with Gasteiger partial charge < -0.3 is 20.5 Å². The van der Waals surface area contributed by atoms with Crippen LogP contribution in [0.15, 0.2) is 24.3 Å². The van der Waals surface area contributed by atoms with E-state index < -0.39 is 0 Å². The molecule has 1 heterocycles. The van der Waals surface area contributed by atoms with Gasteiger partial charge >= 0.3 is 0 Å². The minimum Gasteiger partial charge on any atom is -0.488 e. The first-order chi connectivity index (χ1) is 11.2. The summed E-state index contributed by atoms with van der Waals surface area (Å²) in [5, 5.41) is 16.1. The second-order valence-electron chi connectivity index (χ2n) is 6.52. The van der Waals surface area contributed by atoms with Crippen molar-refractivity contribution in [3.05, 3.63) is 24.3 Å². The molecule has 5 heteroatoms. The Morgan fingerprint density at radius 1 is 1.09 bits per heavy atom. The standard InChI is InChI=1S/C18H26N2O3/c21-16-6-1-2-7-17(16)23-14-10-8-13(9-11-14)20-18(22)15-5-3-4-12-19-15/h8-11,15-17,19,21H,1-7,12H2,(H,20,22)/t15-,16?,17?/m0/s1. The third kappa shape index (κ3) is 4.45. The van der Waals surface area contributed by atoms with Gasteiger partial charge in [0.05, 0.1) is 12.1 Å². The molecule has 5 nitrogen and oxygen atoms in total. The van der Waals surface area contributed by atoms with Crippen LogP contribution in [0, 0.1) is 0 Å². The van der Waals surface area contributed by atoms with Crippen LogP contribution in [0.1, 0.15) is 44.9 Å². The van der Waals surface area contributed by atoms with E-state index in [2.05, 4.69) is 10.6 Å². The van der Waals surface area contributed by atoms with Crippen LogP contribution in [0.5, 0.6) is 5.75 Å². The average Bonchev–Trinajstić information content (AvgIpc) is 2.59. The molecule has 3 rings (SSSR count). The molecule has 1 aromatic rings. The SMILES string of the molecule is O=C(Nc1ccc(OC2CCCCC2O)cc1)[C@@H]1CCCCN1. The first-order valence-corrected chi connectivity index (χ1v) is 8.71. The molecule has 3 atom stereocenters. The highest BCUT2D eigenvalue weighted by atomic mass is 16.5. The number of amides is 1. The number of piperidine rings is 1. The van der Waals surface area contributed by atoms with E-state index in [-0.39, 0.29) is 24.2 Å². The van der Waals surface area contributed by atoms with Crippen LogP contribution < -0.4 is 15.4 Å². The summed E-state index contributed by atoms with van der Waals surface area (Å²) < 4.78 is 5.87. The van der Waals surface area contributed by atoms with Crippen molar-refractivity contribution in [1.29, 1.82) is 0 Å². The molecule has 126 valence electrons. The maximum absolute atomic E-state index is 12.2. The lowest BCUT2D eigenvalue weighted by molar-refractivity contribution is -0.118. The van der Waals surface area contributed by atoms with Gasteiger partial charge in [0.1, 0.15) is 11.9 Å². The molecule has 23 heavy (non-hydrogen) atoms. The van der Waals surface area contributed by atoms with Gasteiger partial charge in [-0.1, -0.05) is 12.8 Å². The number of anilines is 1. The van der Waals surface area contributed by atoms with Crippen molar-refractivity contribution in [2.75, 3.05) is 11.9 Å². The van der Waals surface area contributed by atoms with Crippen molar-refractivity contribution < 1.29 is 14.6 Å². The van der Waals surface area contributed by atoms with Crippen molar-refractivity contribution in [2.24, 2.45) is 0 Å². The maximum atomic E-state index is 12.2.